The Morgan fingerprint density at radius 2 is 1.81 bits per heavy atom. The topological polar surface area (TPSA) is 83.0 Å². The molecule has 1 heterocycles. The Kier molecular flexibility index (Phi) is 5.69. The maximum Gasteiger partial charge on any atom is 0.416 e. The van der Waals surface area contributed by atoms with E-state index in [4.69, 9.17) is 0 Å². The van der Waals surface area contributed by atoms with Gasteiger partial charge in [-0.25, -0.2) is 4.98 Å². The number of nitrogens with one attached hydrogen (secondary N) is 1. The first kappa shape index (κ1) is 22.5. The van der Waals surface area contributed by atoms with Crippen molar-refractivity contribution in [2.75, 3.05) is 0 Å². The zero-order valence-electron chi connectivity index (χ0n) is 17.6. The van der Waals surface area contributed by atoms with Crippen LogP contribution in [0.2, 0.25) is 0 Å². The van der Waals surface area contributed by atoms with Gasteiger partial charge < -0.3 is 10.1 Å². The maximum absolute atomic E-state index is 13.2. The molecule has 0 saturated carbocycles. The quantitative estimate of drug-likeness (QED) is 0.572. The molecule has 0 radical (unpaired) electrons. The van der Waals surface area contributed by atoms with Crippen molar-refractivity contribution in [2.24, 2.45) is 0 Å². The number of nitrogens with zero attached hydrogens (tertiary/aromatic N) is 1. The molecule has 2 aromatic carbocycles. The lowest BCUT2D eigenvalue weighted by atomic mass is 9.90. The summed E-state index contributed by atoms with van der Waals surface area (Å²) in [6.07, 6.45) is -4.68. The number of carboxylic acid groups (broad SMARTS) is 1. The largest absolute Gasteiger partial charge is 0.481 e. The Morgan fingerprint density at radius 1 is 1.13 bits per heavy atom. The minimum absolute atomic E-state index is 0.188. The molecule has 0 unspecified atom stereocenters. The van der Waals surface area contributed by atoms with Crippen LogP contribution in [0.1, 0.15) is 56.9 Å². The van der Waals surface area contributed by atoms with Crippen LogP contribution in [0.4, 0.5) is 13.2 Å². The van der Waals surface area contributed by atoms with Crippen molar-refractivity contribution in [3.8, 4) is 11.1 Å². The number of aliphatic carboxylic acids is 1. The van der Waals surface area contributed by atoms with E-state index in [0.29, 0.717) is 33.4 Å². The van der Waals surface area contributed by atoms with Crippen LogP contribution in [-0.4, -0.2) is 21.0 Å². The van der Waals surface area contributed by atoms with E-state index >= 15 is 0 Å². The number of halogens is 3. The zero-order valence-corrected chi connectivity index (χ0v) is 17.6. The summed E-state index contributed by atoms with van der Waals surface area (Å²) in [7, 11) is 0. The summed E-state index contributed by atoms with van der Waals surface area (Å²) in [6, 6.07) is 8.09. The van der Waals surface area contributed by atoms with E-state index < -0.39 is 34.6 Å². The van der Waals surface area contributed by atoms with Crippen molar-refractivity contribution >= 4 is 17.0 Å². The summed E-state index contributed by atoms with van der Waals surface area (Å²) < 4.78 is 39.5. The molecule has 31 heavy (non-hydrogen) atoms. The predicted molar refractivity (Wildman–Crippen MR) is 112 cm³/mol. The van der Waals surface area contributed by atoms with Crippen molar-refractivity contribution < 1.29 is 23.1 Å². The number of aromatic amines is 1. The fraction of sp³-hybridized carbons (Fsp3) is 0.348. The molecule has 5 nitrogen and oxygen atoms in total. The first-order valence-corrected chi connectivity index (χ1v) is 9.75. The van der Waals surface area contributed by atoms with Gasteiger partial charge >= 0.3 is 12.1 Å². The van der Waals surface area contributed by atoms with Gasteiger partial charge in [-0.3, -0.25) is 9.59 Å². The minimum atomic E-state index is -4.50. The molecule has 0 fully saturated rings. The third-order valence-corrected chi connectivity index (χ3v) is 5.07. The van der Waals surface area contributed by atoms with Crippen molar-refractivity contribution in [2.45, 2.75) is 51.6 Å². The molecule has 0 bridgehead atoms. The lowest BCUT2D eigenvalue weighted by Gasteiger charge is -2.20. The van der Waals surface area contributed by atoms with Crippen LogP contribution in [0, 0.1) is 0 Å². The highest BCUT2D eigenvalue weighted by Crippen LogP contribution is 2.35. The van der Waals surface area contributed by atoms with Crippen LogP contribution in [-0.2, 0) is 16.4 Å². The first-order chi connectivity index (χ1) is 14.3. The number of carboxylic acids is 1. The number of aromatic nitrogens is 2. The van der Waals surface area contributed by atoms with E-state index in [0.717, 1.165) is 12.1 Å². The van der Waals surface area contributed by atoms with E-state index in [9.17, 15) is 27.9 Å². The zero-order chi connectivity index (χ0) is 23.1. The van der Waals surface area contributed by atoms with Gasteiger partial charge in [0.2, 0.25) is 0 Å². The van der Waals surface area contributed by atoms with Crippen molar-refractivity contribution in [3.63, 3.8) is 0 Å². The van der Waals surface area contributed by atoms with Gasteiger partial charge in [-0.05, 0) is 46.9 Å². The summed E-state index contributed by atoms with van der Waals surface area (Å²) in [5.41, 5.74) is 0.652. The smallest absolute Gasteiger partial charge is 0.416 e. The molecule has 1 atom stereocenters. The standard InChI is InChI=1S/C23H23F3N2O3/c1-12(8-18(29)30)16-10-14(13-6-5-7-15(9-13)23(24,25)26)11-17-19(16)28-20(21(31)27-17)22(2,3)4/h5-7,9-12H,8H2,1-4H3,(H,27,31)(H,29,30)/t12-/m1/s1. The molecule has 164 valence electrons. The van der Waals surface area contributed by atoms with E-state index in [2.05, 4.69) is 9.97 Å². The van der Waals surface area contributed by atoms with Gasteiger partial charge in [-0.15, -0.1) is 0 Å². The Bertz CT molecular complexity index is 1210. The average Bonchev–Trinajstić information content (AvgIpc) is 2.64. The number of alkyl halides is 3. The summed E-state index contributed by atoms with van der Waals surface area (Å²) in [6.45, 7) is 7.23. The molecule has 0 spiro atoms. The molecule has 1 aromatic heterocycles. The normalized spacial score (nSPS) is 13.4. The summed E-state index contributed by atoms with van der Waals surface area (Å²) in [5.74, 6) is -1.48. The van der Waals surface area contributed by atoms with Crippen LogP contribution in [0.3, 0.4) is 0 Å². The first-order valence-electron chi connectivity index (χ1n) is 9.75. The molecule has 8 heteroatoms. The number of benzene rings is 2. The molecular formula is C23H23F3N2O3. The number of hydrogen-bond donors (Lipinski definition) is 2. The fourth-order valence-corrected chi connectivity index (χ4v) is 3.52. The molecule has 0 aliphatic carbocycles. The Hall–Kier alpha value is -3.16. The summed E-state index contributed by atoms with van der Waals surface area (Å²) >= 11 is 0. The number of rotatable bonds is 4. The predicted octanol–water partition coefficient (Wildman–Crippen LogP) is 5.48. The van der Waals surface area contributed by atoms with Crippen molar-refractivity contribution in [1.82, 2.24) is 9.97 Å². The minimum Gasteiger partial charge on any atom is -0.481 e. The van der Waals surface area contributed by atoms with E-state index in [1.165, 1.54) is 12.1 Å². The third kappa shape index (κ3) is 4.78. The number of hydrogen-bond acceptors (Lipinski definition) is 3. The van der Waals surface area contributed by atoms with Gasteiger partial charge in [0, 0.05) is 5.41 Å². The van der Waals surface area contributed by atoms with Gasteiger partial charge in [-0.1, -0.05) is 39.8 Å². The molecule has 0 aliphatic heterocycles. The molecule has 3 aromatic rings. The number of carbonyl (C=O) groups is 1. The maximum atomic E-state index is 13.2. The average molecular weight is 432 g/mol. The number of H-pyrrole nitrogens is 1. The molecule has 0 amide bonds. The third-order valence-electron chi connectivity index (χ3n) is 5.07. The van der Waals surface area contributed by atoms with Crippen LogP contribution < -0.4 is 5.56 Å². The second-order valence-corrected chi connectivity index (χ2v) is 8.70. The van der Waals surface area contributed by atoms with Gasteiger partial charge in [0.1, 0.15) is 5.69 Å². The van der Waals surface area contributed by atoms with Crippen molar-refractivity contribution in [1.29, 1.82) is 0 Å². The lowest BCUT2D eigenvalue weighted by Crippen LogP contribution is -2.27. The molecular weight excluding hydrogens is 409 g/mol. The highest BCUT2D eigenvalue weighted by molar-refractivity contribution is 5.86. The molecule has 2 N–H and O–H groups in total. The second kappa shape index (κ2) is 7.83. The highest BCUT2D eigenvalue weighted by Gasteiger charge is 2.30. The fourth-order valence-electron chi connectivity index (χ4n) is 3.52. The molecule has 0 saturated heterocycles. The van der Waals surface area contributed by atoms with Gasteiger partial charge in [0.05, 0.1) is 23.0 Å². The Balaban J connectivity index is 2.30. The highest BCUT2D eigenvalue weighted by atomic mass is 19.4. The van der Waals surface area contributed by atoms with Gasteiger partial charge in [0.25, 0.3) is 5.56 Å². The molecule has 3 rings (SSSR count). The Morgan fingerprint density at radius 3 is 2.39 bits per heavy atom. The summed E-state index contributed by atoms with van der Waals surface area (Å²) in [5, 5.41) is 9.25. The van der Waals surface area contributed by atoms with E-state index in [1.807, 2.05) is 20.8 Å². The number of fused-ring (bicyclic) bond motifs is 1. The SMILES string of the molecule is C[C@H](CC(=O)O)c1cc(-c2cccc(C(F)(F)F)c2)cc2[nH]c(=O)c(C(C)(C)C)nc12. The summed E-state index contributed by atoms with van der Waals surface area (Å²) in [4.78, 5) is 31.2. The molecule has 0 aliphatic rings. The van der Waals surface area contributed by atoms with Crippen molar-refractivity contribution in [3.05, 3.63) is 63.6 Å². The van der Waals surface area contributed by atoms with Gasteiger partial charge in [-0.2, -0.15) is 13.2 Å². The van der Waals surface area contributed by atoms with E-state index in [-0.39, 0.29) is 6.42 Å². The van der Waals surface area contributed by atoms with Crippen LogP contribution >= 0.6 is 0 Å². The Labute approximate surface area is 177 Å². The second-order valence-electron chi connectivity index (χ2n) is 8.70. The van der Waals surface area contributed by atoms with Gasteiger partial charge in [0.15, 0.2) is 0 Å². The van der Waals surface area contributed by atoms with Crippen LogP contribution in [0.5, 0.6) is 0 Å². The monoisotopic (exact) mass is 432 g/mol. The van der Waals surface area contributed by atoms with Crippen LogP contribution in [0.25, 0.3) is 22.2 Å². The lowest BCUT2D eigenvalue weighted by molar-refractivity contribution is -0.138. The van der Waals surface area contributed by atoms with E-state index in [1.54, 1.807) is 19.1 Å². The van der Waals surface area contributed by atoms with Crippen LogP contribution in [0.15, 0.2) is 41.2 Å².